The highest BCUT2D eigenvalue weighted by atomic mass is 32.1. The normalized spacial score (nSPS) is 28.2. The molecule has 0 saturated carbocycles. The number of rotatable bonds is 4. The molecule has 4 atom stereocenters. The van der Waals surface area contributed by atoms with Crippen molar-refractivity contribution in [3.05, 3.63) is 18.2 Å². The molecular formula is C16H16N2O5S. The van der Waals surface area contributed by atoms with Gasteiger partial charge in [-0.25, -0.2) is 4.98 Å². The van der Waals surface area contributed by atoms with Crippen LogP contribution in [0.25, 0.3) is 10.2 Å². The first kappa shape index (κ1) is 15.3. The van der Waals surface area contributed by atoms with E-state index in [0.29, 0.717) is 11.6 Å². The second kappa shape index (κ2) is 5.71. The average molecular weight is 348 g/mol. The number of aromatic nitrogens is 1. The highest BCUT2D eigenvalue weighted by Crippen LogP contribution is 2.44. The Morgan fingerprint density at radius 3 is 2.79 bits per heavy atom. The van der Waals surface area contributed by atoms with Gasteiger partial charge in [-0.15, -0.1) is 0 Å². The lowest BCUT2D eigenvalue weighted by Gasteiger charge is -2.23. The number of anilines is 1. The second-order valence-electron chi connectivity index (χ2n) is 6.02. The first-order chi connectivity index (χ1) is 11.6. The molecule has 2 aliphatic heterocycles. The number of methoxy groups -OCH3 is 1. The fourth-order valence-corrected chi connectivity index (χ4v) is 4.50. The predicted octanol–water partition coefficient (Wildman–Crippen LogP) is 2.12. The average Bonchev–Trinajstić information content (AvgIpc) is 3.26. The van der Waals surface area contributed by atoms with Gasteiger partial charge in [-0.3, -0.25) is 9.59 Å². The van der Waals surface area contributed by atoms with E-state index in [9.17, 15) is 14.7 Å². The molecule has 0 unspecified atom stereocenters. The molecule has 7 nitrogen and oxygen atoms in total. The van der Waals surface area contributed by atoms with Gasteiger partial charge in [-0.05, 0) is 31.0 Å². The van der Waals surface area contributed by atoms with Crippen molar-refractivity contribution in [2.75, 3.05) is 12.4 Å². The van der Waals surface area contributed by atoms with E-state index in [-0.39, 0.29) is 18.1 Å². The molecule has 2 aromatic rings. The molecule has 1 amide bonds. The Bertz CT molecular complexity index is 820. The molecule has 0 aliphatic carbocycles. The third-order valence-electron chi connectivity index (χ3n) is 4.69. The molecule has 1 aromatic carbocycles. The summed E-state index contributed by atoms with van der Waals surface area (Å²) >= 11 is 1.33. The number of hydrogen-bond acceptors (Lipinski definition) is 6. The summed E-state index contributed by atoms with van der Waals surface area (Å²) in [6, 6.07) is 5.47. The highest BCUT2D eigenvalue weighted by Gasteiger charge is 2.55. The van der Waals surface area contributed by atoms with E-state index in [0.717, 1.165) is 22.4 Å². The van der Waals surface area contributed by atoms with Crippen LogP contribution in [-0.4, -0.2) is 41.3 Å². The molecule has 2 saturated heterocycles. The largest absolute Gasteiger partial charge is 0.497 e. The minimum Gasteiger partial charge on any atom is -0.497 e. The van der Waals surface area contributed by atoms with Crippen LogP contribution in [0.3, 0.4) is 0 Å². The van der Waals surface area contributed by atoms with Crippen LogP contribution in [0.1, 0.15) is 12.8 Å². The van der Waals surface area contributed by atoms with Crippen LogP contribution in [-0.2, 0) is 14.3 Å². The van der Waals surface area contributed by atoms with Crippen LogP contribution in [0, 0.1) is 11.8 Å². The summed E-state index contributed by atoms with van der Waals surface area (Å²) in [6.45, 7) is 0. The Morgan fingerprint density at radius 2 is 2.08 bits per heavy atom. The minimum absolute atomic E-state index is 0.314. The fraction of sp³-hybridized carbons (Fsp3) is 0.438. The first-order valence-electron chi connectivity index (χ1n) is 7.70. The second-order valence-corrected chi connectivity index (χ2v) is 7.05. The Hall–Kier alpha value is -2.19. The molecule has 0 radical (unpaired) electrons. The van der Waals surface area contributed by atoms with E-state index in [1.807, 2.05) is 12.1 Å². The maximum atomic E-state index is 12.6. The van der Waals surface area contributed by atoms with E-state index in [1.54, 1.807) is 13.2 Å². The van der Waals surface area contributed by atoms with Gasteiger partial charge in [0.05, 0.1) is 41.4 Å². The zero-order valence-corrected chi connectivity index (χ0v) is 13.7. The molecule has 2 fully saturated rings. The molecule has 8 heteroatoms. The maximum Gasteiger partial charge on any atom is 0.310 e. The molecule has 2 aliphatic rings. The van der Waals surface area contributed by atoms with Crippen LogP contribution in [0.15, 0.2) is 18.2 Å². The van der Waals surface area contributed by atoms with Gasteiger partial charge in [0, 0.05) is 0 Å². The summed E-state index contributed by atoms with van der Waals surface area (Å²) in [5.41, 5.74) is 0.759. The molecular weight excluding hydrogens is 332 g/mol. The van der Waals surface area contributed by atoms with Crippen LogP contribution < -0.4 is 10.1 Å². The zero-order valence-electron chi connectivity index (χ0n) is 12.9. The van der Waals surface area contributed by atoms with Gasteiger partial charge in [0.15, 0.2) is 5.13 Å². The molecule has 2 bridgehead atoms. The number of carbonyl (C=O) groups excluding carboxylic acids is 1. The van der Waals surface area contributed by atoms with Crippen molar-refractivity contribution in [1.29, 1.82) is 0 Å². The summed E-state index contributed by atoms with van der Waals surface area (Å²) in [7, 11) is 1.59. The number of thiazole rings is 1. The van der Waals surface area contributed by atoms with Crippen molar-refractivity contribution in [2.24, 2.45) is 11.8 Å². The third kappa shape index (κ3) is 2.42. The third-order valence-corrected chi connectivity index (χ3v) is 5.62. The van der Waals surface area contributed by atoms with E-state index in [2.05, 4.69) is 10.3 Å². The SMILES string of the molecule is COc1ccc2nc(NC(=O)[C@H]3[C@@H](C(=O)O)[C@@H]4CC[C@@H]3O4)sc2c1. The monoisotopic (exact) mass is 348 g/mol. The highest BCUT2D eigenvalue weighted by molar-refractivity contribution is 7.22. The van der Waals surface area contributed by atoms with E-state index < -0.39 is 17.8 Å². The van der Waals surface area contributed by atoms with Gasteiger partial charge in [0.2, 0.25) is 5.91 Å². The molecule has 126 valence electrons. The summed E-state index contributed by atoms with van der Waals surface area (Å²) in [5, 5.41) is 12.6. The van der Waals surface area contributed by atoms with Crippen molar-refractivity contribution >= 4 is 38.6 Å². The molecule has 4 rings (SSSR count). The van der Waals surface area contributed by atoms with E-state index in [1.165, 1.54) is 11.3 Å². The summed E-state index contributed by atoms with van der Waals surface area (Å²) in [4.78, 5) is 28.5. The van der Waals surface area contributed by atoms with Gasteiger partial charge in [-0.2, -0.15) is 0 Å². The number of ether oxygens (including phenoxy) is 2. The lowest BCUT2D eigenvalue weighted by atomic mass is 9.79. The van der Waals surface area contributed by atoms with Gasteiger partial charge >= 0.3 is 5.97 Å². The number of aliphatic carboxylic acids is 1. The molecule has 1 aromatic heterocycles. The van der Waals surface area contributed by atoms with Gasteiger partial charge in [0.1, 0.15) is 5.75 Å². The Kier molecular flexibility index (Phi) is 3.65. The Morgan fingerprint density at radius 1 is 1.33 bits per heavy atom. The van der Waals surface area contributed by atoms with Crippen LogP contribution >= 0.6 is 11.3 Å². The number of nitrogens with one attached hydrogen (secondary N) is 1. The summed E-state index contributed by atoms with van der Waals surface area (Å²) < 4.78 is 11.7. The number of fused-ring (bicyclic) bond motifs is 3. The lowest BCUT2D eigenvalue weighted by Crippen LogP contribution is -2.40. The van der Waals surface area contributed by atoms with Crippen molar-refractivity contribution in [2.45, 2.75) is 25.0 Å². The topological polar surface area (TPSA) is 97.8 Å². The smallest absolute Gasteiger partial charge is 0.310 e. The summed E-state index contributed by atoms with van der Waals surface area (Å²) in [5.74, 6) is -2.03. The van der Waals surface area contributed by atoms with Crippen LogP contribution in [0.4, 0.5) is 5.13 Å². The molecule has 24 heavy (non-hydrogen) atoms. The zero-order chi connectivity index (χ0) is 16.8. The van der Waals surface area contributed by atoms with Gasteiger partial charge < -0.3 is 19.9 Å². The number of carbonyl (C=O) groups is 2. The number of carboxylic acid groups (broad SMARTS) is 1. The van der Waals surface area contributed by atoms with Crippen LogP contribution in [0.2, 0.25) is 0 Å². The predicted molar refractivity (Wildman–Crippen MR) is 87.3 cm³/mol. The van der Waals surface area contributed by atoms with Crippen molar-refractivity contribution in [3.63, 3.8) is 0 Å². The molecule has 0 spiro atoms. The van der Waals surface area contributed by atoms with Gasteiger partial charge in [-0.1, -0.05) is 11.3 Å². The number of nitrogens with zero attached hydrogens (tertiary/aromatic N) is 1. The van der Waals surface area contributed by atoms with E-state index >= 15 is 0 Å². The van der Waals surface area contributed by atoms with Crippen molar-refractivity contribution in [3.8, 4) is 5.75 Å². The van der Waals surface area contributed by atoms with E-state index in [4.69, 9.17) is 9.47 Å². The first-order valence-corrected chi connectivity index (χ1v) is 8.52. The molecule has 3 heterocycles. The fourth-order valence-electron chi connectivity index (χ4n) is 3.60. The standard InChI is InChI=1S/C16H16N2O5S/c1-22-7-2-3-8-11(6-7)24-16(17-8)18-14(19)12-9-4-5-10(23-9)13(12)15(20)21/h2-3,6,9-10,12-13H,4-5H2,1H3,(H,20,21)(H,17,18,19)/t9-,10-,12+,13-/m0/s1. The van der Waals surface area contributed by atoms with Crippen molar-refractivity contribution < 1.29 is 24.2 Å². The van der Waals surface area contributed by atoms with Gasteiger partial charge in [0.25, 0.3) is 0 Å². The lowest BCUT2D eigenvalue weighted by molar-refractivity contribution is -0.147. The Labute approximate surface area is 141 Å². The quantitative estimate of drug-likeness (QED) is 0.878. The number of carboxylic acids is 1. The number of benzene rings is 1. The van der Waals surface area contributed by atoms with Crippen LogP contribution in [0.5, 0.6) is 5.75 Å². The number of hydrogen-bond donors (Lipinski definition) is 2. The minimum atomic E-state index is -0.976. The summed E-state index contributed by atoms with van der Waals surface area (Å²) in [6.07, 6.45) is 0.754. The maximum absolute atomic E-state index is 12.6. The number of amides is 1. The Balaban J connectivity index is 1.56. The molecule has 2 N–H and O–H groups in total. The van der Waals surface area contributed by atoms with Crippen molar-refractivity contribution in [1.82, 2.24) is 4.98 Å².